The van der Waals surface area contributed by atoms with Gasteiger partial charge >= 0.3 is 0 Å². The molecule has 1 N–H and O–H groups in total. The van der Waals surface area contributed by atoms with E-state index in [1.165, 1.54) is 0 Å². The number of piperazine rings is 1. The lowest BCUT2D eigenvalue weighted by Crippen LogP contribution is -2.50. The zero-order chi connectivity index (χ0) is 19.8. The fraction of sp³-hybridized carbons (Fsp3) is 0.650. The summed E-state index contributed by atoms with van der Waals surface area (Å²) in [5.74, 6) is 0.128. The highest BCUT2D eigenvalue weighted by molar-refractivity contribution is 7.89. The Bertz CT molecular complexity index is 795. The molecule has 7 heteroatoms. The number of nitrogens with one attached hydrogen (secondary N) is 1. The zero-order valence-electron chi connectivity index (χ0n) is 16.8. The summed E-state index contributed by atoms with van der Waals surface area (Å²) in [6.07, 6.45) is 1.20. The van der Waals surface area contributed by atoms with Crippen molar-refractivity contribution in [3.63, 3.8) is 0 Å². The first-order valence-corrected chi connectivity index (χ1v) is 11.2. The van der Waals surface area contributed by atoms with E-state index in [0.29, 0.717) is 30.8 Å². The van der Waals surface area contributed by atoms with E-state index in [2.05, 4.69) is 5.32 Å². The van der Waals surface area contributed by atoms with Gasteiger partial charge in [-0.3, -0.25) is 4.79 Å². The minimum atomic E-state index is -3.54. The Kier molecular flexibility index (Phi) is 5.93. The van der Waals surface area contributed by atoms with E-state index < -0.39 is 10.0 Å². The van der Waals surface area contributed by atoms with Crippen LogP contribution in [0.4, 0.5) is 0 Å². The Morgan fingerprint density at radius 1 is 0.963 bits per heavy atom. The van der Waals surface area contributed by atoms with E-state index >= 15 is 0 Å². The number of sulfonamides is 1. The largest absolute Gasteiger partial charge is 0.340 e. The number of piperidine rings is 1. The fourth-order valence-corrected chi connectivity index (χ4v) is 6.23. The summed E-state index contributed by atoms with van der Waals surface area (Å²) in [4.78, 5) is 15.1. The minimum absolute atomic E-state index is 0.0593. The van der Waals surface area contributed by atoms with E-state index in [0.717, 1.165) is 48.4 Å². The molecule has 2 aliphatic rings. The topological polar surface area (TPSA) is 69.7 Å². The van der Waals surface area contributed by atoms with Gasteiger partial charge in [-0.2, -0.15) is 4.31 Å². The number of hydrogen-bond acceptors (Lipinski definition) is 4. The maximum Gasteiger partial charge on any atom is 0.243 e. The summed E-state index contributed by atoms with van der Waals surface area (Å²) < 4.78 is 28.2. The minimum Gasteiger partial charge on any atom is -0.340 e. The molecule has 1 aromatic carbocycles. The highest BCUT2D eigenvalue weighted by Gasteiger charge is 2.35. The fourth-order valence-electron chi connectivity index (χ4n) is 4.18. The summed E-state index contributed by atoms with van der Waals surface area (Å²) in [5, 5.41) is 3.26. The van der Waals surface area contributed by atoms with Crippen molar-refractivity contribution in [2.45, 2.75) is 45.4 Å². The van der Waals surface area contributed by atoms with Gasteiger partial charge in [0.05, 0.1) is 4.90 Å². The van der Waals surface area contributed by atoms with Crippen molar-refractivity contribution in [1.82, 2.24) is 14.5 Å². The van der Waals surface area contributed by atoms with E-state index in [1.54, 1.807) is 4.31 Å². The summed E-state index contributed by atoms with van der Waals surface area (Å²) in [6, 6.07) is 2.04. The highest BCUT2D eigenvalue weighted by Crippen LogP contribution is 2.31. The average molecular weight is 394 g/mol. The molecule has 0 spiro atoms. The normalized spacial score (nSPS) is 20.1. The van der Waals surface area contributed by atoms with Crippen LogP contribution in [0.2, 0.25) is 0 Å². The number of rotatable bonds is 3. The van der Waals surface area contributed by atoms with Crippen LogP contribution in [0, 0.1) is 33.6 Å². The number of nitrogens with zero attached hydrogens (tertiary/aromatic N) is 2. The maximum atomic E-state index is 13.3. The lowest BCUT2D eigenvalue weighted by molar-refractivity contribution is -0.137. The molecule has 0 aliphatic carbocycles. The predicted molar refractivity (Wildman–Crippen MR) is 106 cm³/mol. The number of hydrogen-bond donors (Lipinski definition) is 1. The van der Waals surface area contributed by atoms with Crippen molar-refractivity contribution >= 4 is 15.9 Å². The van der Waals surface area contributed by atoms with Crippen molar-refractivity contribution in [2.24, 2.45) is 5.92 Å². The standard InChI is InChI=1S/C20H31N3O3S/c1-14-13-15(2)17(4)19(16(14)3)27(25,26)23-9-5-18(6-10-23)20(24)22-11-7-21-8-12-22/h13,18,21H,5-12H2,1-4H3. The van der Waals surface area contributed by atoms with Crippen LogP contribution in [0.15, 0.2) is 11.0 Å². The van der Waals surface area contributed by atoms with E-state index in [4.69, 9.17) is 0 Å². The van der Waals surface area contributed by atoms with Gasteiger partial charge in [0, 0.05) is 45.2 Å². The third kappa shape index (κ3) is 3.91. The van der Waals surface area contributed by atoms with Gasteiger partial charge in [-0.1, -0.05) is 6.07 Å². The van der Waals surface area contributed by atoms with Crippen LogP contribution in [0.25, 0.3) is 0 Å². The van der Waals surface area contributed by atoms with Crippen LogP contribution in [-0.2, 0) is 14.8 Å². The van der Waals surface area contributed by atoms with Crippen LogP contribution in [0.5, 0.6) is 0 Å². The Morgan fingerprint density at radius 2 is 1.48 bits per heavy atom. The van der Waals surface area contributed by atoms with Crippen molar-refractivity contribution < 1.29 is 13.2 Å². The molecule has 0 bridgehead atoms. The smallest absolute Gasteiger partial charge is 0.243 e. The van der Waals surface area contributed by atoms with E-state index in [1.807, 2.05) is 38.7 Å². The van der Waals surface area contributed by atoms with Crippen LogP contribution in [0.3, 0.4) is 0 Å². The molecule has 2 aliphatic heterocycles. The first-order valence-electron chi connectivity index (χ1n) is 9.80. The molecular formula is C20H31N3O3S. The number of amides is 1. The van der Waals surface area contributed by atoms with Gasteiger partial charge in [0.2, 0.25) is 15.9 Å². The average Bonchev–Trinajstić information content (AvgIpc) is 2.66. The Morgan fingerprint density at radius 3 is 2.00 bits per heavy atom. The quantitative estimate of drug-likeness (QED) is 0.849. The molecule has 2 fully saturated rings. The number of aryl methyl sites for hydroxylation is 2. The van der Waals surface area contributed by atoms with Gasteiger partial charge in [0.25, 0.3) is 0 Å². The monoisotopic (exact) mass is 393 g/mol. The molecule has 0 atom stereocenters. The molecule has 0 radical (unpaired) electrons. The lowest BCUT2D eigenvalue weighted by atomic mass is 9.96. The molecule has 150 valence electrons. The Labute approximate surface area is 163 Å². The summed E-state index contributed by atoms with van der Waals surface area (Å²) in [5.41, 5.74) is 3.66. The van der Waals surface area contributed by atoms with E-state index in [9.17, 15) is 13.2 Å². The molecular weight excluding hydrogens is 362 g/mol. The van der Waals surface area contributed by atoms with Crippen LogP contribution >= 0.6 is 0 Å². The van der Waals surface area contributed by atoms with Gasteiger partial charge in [0.15, 0.2) is 0 Å². The lowest BCUT2D eigenvalue weighted by Gasteiger charge is -2.35. The zero-order valence-corrected chi connectivity index (χ0v) is 17.7. The third-order valence-electron chi connectivity index (χ3n) is 6.13. The summed E-state index contributed by atoms with van der Waals surface area (Å²) >= 11 is 0. The molecule has 27 heavy (non-hydrogen) atoms. The molecule has 0 unspecified atom stereocenters. The van der Waals surface area contributed by atoms with Gasteiger partial charge in [-0.15, -0.1) is 0 Å². The van der Waals surface area contributed by atoms with Crippen molar-refractivity contribution in [2.75, 3.05) is 39.3 Å². The molecule has 2 saturated heterocycles. The first-order chi connectivity index (χ1) is 12.7. The molecule has 1 amide bonds. The molecule has 6 nitrogen and oxygen atoms in total. The Balaban J connectivity index is 1.75. The second-order valence-corrected chi connectivity index (χ2v) is 9.72. The second-order valence-electron chi connectivity index (χ2n) is 7.84. The van der Waals surface area contributed by atoms with Crippen LogP contribution in [0.1, 0.15) is 35.1 Å². The summed E-state index contributed by atoms with van der Waals surface area (Å²) in [6.45, 7) is 11.7. The van der Waals surface area contributed by atoms with E-state index in [-0.39, 0.29) is 11.8 Å². The van der Waals surface area contributed by atoms with Crippen molar-refractivity contribution in [3.05, 3.63) is 28.3 Å². The molecule has 0 saturated carbocycles. The number of benzene rings is 1. The number of carbonyl (C=O) groups excluding carboxylic acids is 1. The van der Waals surface area contributed by atoms with Gasteiger partial charge in [0.1, 0.15) is 0 Å². The van der Waals surface area contributed by atoms with Crippen molar-refractivity contribution in [3.8, 4) is 0 Å². The second kappa shape index (κ2) is 7.89. The van der Waals surface area contributed by atoms with Gasteiger partial charge in [-0.05, 0) is 62.8 Å². The van der Waals surface area contributed by atoms with Crippen molar-refractivity contribution in [1.29, 1.82) is 0 Å². The summed E-state index contributed by atoms with van der Waals surface area (Å²) in [7, 11) is -3.54. The van der Waals surface area contributed by atoms with Gasteiger partial charge in [-0.25, -0.2) is 8.42 Å². The molecule has 1 aromatic rings. The Hall–Kier alpha value is -1.44. The SMILES string of the molecule is Cc1cc(C)c(C)c(S(=O)(=O)N2CCC(C(=O)N3CCNCC3)CC2)c1C. The first kappa shape index (κ1) is 20.3. The maximum absolute atomic E-state index is 13.3. The molecule has 0 aromatic heterocycles. The predicted octanol–water partition coefficient (Wildman–Crippen LogP) is 1.75. The molecule has 3 rings (SSSR count). The highest BCUT2D eigenvalue weighted by atomic mass is 32.2. The molecule has 2 heterocycles. The van der Waals surface area contributed by atoms with Gasteiger partial charge < -0.3 is 10.2 Å². The number of carbonyl (C=O) groups is 1. The van der Waals surface area contributed by atoms with Crippen LogP contribution < -0.4 is 5.32 Å². The van der Waals surface area contributed by atoms with Crippen LogP contribution in [-0.4, -0.2) is 62.8 Å². The third-order valence-corrected chi connectivity index (χ3v) is 8.30.